The Morgan fingerprint density at radius 2 is 2.16 bits per heavy atom. The lowest BCUT2D eigenvalue weighted by Gasteiger charge is -2.10. The Labute approximate surface area is 144 Å². The van der Waals surface area contributed by atoms with Gasteiger partial charge in [-0.3, -0.25) is 9.59 Å². The van der Waals surface area contributed by atoms with Crippen LogP contribution >= 0.6 is 0 Å². The number of nitrogens with zero attached hydrogens (tertiary/aromatic N) is 2. The average molecular weight is 341 g/mol. The Bertz CT molecular complexity index is 958. The minimum absolute atomic E-state index is 0.0627. The van der Waals surface area contributed by atoms with E-state index in [0.717, 1.165) is 6.42 Å². The summed E-state index contributed by atoms with van der Waals surface area (Å²) in [6.07, 6.45) is 2.63. The van der Waals surface area contributed by atoms with Crippen molar-refractivity contribution in [1.82, 2.24) is 9.72 Å². The third kappa shape index (κ3) is 3.71. The van der Waals surface area contributed by atoms with Gasteiger partial charge >= 0.3 is 0 Å². The second-order valence-electron chi connectivity index (χ2n) is 5.69. The second-order valence-corrected chi connectivity index (χ2v) is 5.69. The quantitative estimate of drug-likeness (QED) is 0.745. The van der Waals surface area contributed by atoms with Gasteiger partial charge in [0, 0.05) is 24.2 Å². The summed E-state index contributed by atoms with van der Waals surface area (Å²) in [6.45, 7) is 4.23. The van der Waals surface area contributed by atoms with Gasteiger partial charge in [0.25, 0.3) is 11.5 Å². The van der Waals surface area contributed by atoms with Gasteiger partial charge in [-0.05, 0) is 31.5 Å². The maximum atomic E-state index is 12.5. The van der Waals surface area contributed by atoms with Gasteiger partial charge in [-0.2, -0.15) is 0 Å². The lowest BCUT2D eigenvalue weighted by Crippen LogP contribution is -2.21. The first-order chi connectivity index (χ1) is 12.1. The topological polar surface area (TPSA) is 86.4 Å². The van der Waals surface area contributed by atoms with E-state index in [9.17, 15) is 9.59 Å². The van der Waals surface area contributed by atoms with Crippen molar-refractivity contribution in [1.29, 1.82) is 0 Å². The summed E-state index contributed by atoms with van der Waals surface area (Å²) in [6, 6.07) is 8.69. The number of fused-ring (bicyclic) bond motifs is 1. The predicted octanol–water partition coefficient (Wildman–Crippen LogP) is 2.73. The molecule has 1 amide bonds. The third-order valence-electron chi connectivity index (χ3n) is 3.70. The number of anilines is 1. The van der Waals surface area contributed by atoms with E-state index in [1.165, 1.54) is 0 Å². The van der Waals surface area contributed by atoms with Crippen molar-refractivity contribution in [2.75, 3.05) is 11.9 Å². The van der Waals surface area contributed by atoms with Crippen LogP contribution in [0.2, 0.25) is 0 Å². The van der Waals surface area contributed by atoms with Crippen LogP contribution in [-0.2, 0) is 11.3 Å². The molecule has 2 heterocycles. The number of hydrogen-bond acceptors (Lipinski definition) is 5. The maximum absolute atomic E-state index is 12.5. The van der Waals surface area contributed by atoms with Crippen molar-refractivity contribution in [3.8, 4) is 5.75 Å². The molecule has 0 atom stereocenters. The first kappa shape index (κ1) is 16.8. The summed E-state index contributed by atoms with van der Waals surface area (Å²) in [5, 5.41) is 7.53. The van der Waals surface area contributed by atoms with Crippen LogP contribution in [0.1, 0.15) is 19.1 Å². The number of hydrogen-bond donors (Lipinski definition) is 1. The molecular formula is C18H19N3O4. The highest BCUT2D eigenvalue weighted by Crippen LogP contribution is 2.23. The average Bonchev–Trinajstić information content (AvgIpc) is 3.00. The number of rotatable bonds is 6. The number of carbonyl (C=O) groups excluding carboxylic acids is 1. The van der Waals surface area contributed by atoms with E-state index in [4.69, 9.17) is 9.26 Å². The summed E-state index contributed by atoms with van der Waals surface area (Å²) in [7, 11) is 0. The number of ether oxygens (including phenoxy) is 1. The van der Waals surface area contributed by atoms with Crippen LogP contribution in [0.4, 0.5) is 5.82 Å². The fourth-order valence-electron chi connectivity index (χ4n) is 2.58. The van der Waals surface area contributed by atoms with Gasteiger partial charge in [0.05, 0.1) is 5.39 Å². The monoisotopic (exact) mass is 341 g/mol. The van der Waals surface area contributed by atoms with Gasteiger partial charge in [-0.1, -0.05) is 18.1 Å². The molecule has 0 unspecified atom stereocenters. The van der Waals surface area contributed by atoms with E-state index in [-0.39, 0.29) is 18.1 Å². The van der Waals surface area contributed by atoms with Crippen molar-refractivity contribution in [2.45, 2.75) is 26.8 Å². The number of aromatic nitrogens is 2. The van der Waals surface area contributed by atoms with Gasteiger partial charge in [0.1, 0.15) is 11.5 Å². The minimum Gasteiger partial charge on any atom is -0.483 e. The molecule has 1 N–H and O–H groups in total. The number of carbonyl (C=O) groups is 1. The van der Waals surface area contributed by atoms with Crippen LogP contribution in [0, 0.1) is 6.92 Å². The zero-order valence-electron chi connectivity index (χ0n) is 14.1. The van der Waals surface area contributed by atoms with Gasteiger partial charge < -0.3 is 19.1 Å². The van der Waals surface area contributed by atoms with E-state index in [2.05, 4.69) is 10.5 Å². The largest absolute Gasteiger partial charge is 0.483 e. The lowest BCUT2D eigenvalue weighted by molar-refractivity contribution is -0.118. The summed E-state index contributed by atoms with van der Waals surface area (Å²) >= 11 is 0. The summed E-state index contributed by atoms with van der Waals surface area (Å²) in [5.74, 6) is 1.08. The lowest BCUT2D eigenvalue weighted by atomic mass is 10.1. The van der Waals surface area contributed by atoms with Gasteiger partial charge in [-0.25, -0.2) is 0 Å². The standard InChI is InChI=1S/C18H19N3O4/c1-3-8-21-9-7-13-14(18(21)23)5-4-6-15(13)24-11-17(22)19-16-10-12(2)25-20-16/h4-7,9-10H,3,8,11H2,1-2H3,(H,19,20,22). The first-order valence-electron chi connectivity index (χ1n) is 8.06. The SMILES string of the molecule is CCCn1ccc2c(OCC(=O)Nc3cc(C)on3)cccc2c1=O. The maximum Gasteiger partial charge on any atom is 0.263 e. The van der Waals surface area contributed by atoms with E-state index < -0.39 is 0 Å². The third-order valence-corrected chi connectivity index (χ3v) is 3.70. The molecule has 130 valence electrons. The van der Waals surface area contributed by atoms with Crippen molar-refractivity contribution >= 4 is 22.5 Å². The zero-order valence-corrected chi connectivity index (χ0v) is 14.1. The Balaban J connectivity index is 1.76. The Morgan fingerprint density at radius 1 is 1.32 bits per heavy atom. The zero-order chi connectivity index (χ0) is 17.8. The highest BCUT2D eigenvalue weighted by atomic mass is 16.5. The van der Waals surface area contributed by atoms with Crippen LogP contribution in [0.3, 0.4) is 0 Å². The van der Waals surface area contributed by atoms with Crippen LogP contribution < -0.4 is 15.6 Å². The molecule has 3 aromatic rings. The van der Waals surface area contributed by atoms with Crippen molar-refractivity contribution in [3.63, 3.8) is 0 Å². The summed E-state index contributed by atoms with van der Waals surface area (Å²) in [4.78, 5) is 24.4. The highest BCUT2D eigenvalue weighted by Gasteiger charge is 2.10. The second kappa shape index (κ2) is 7.21. The summed E-state index contributed by atoms with van der Waals surface area (Å²) < 4.78 is 12.2. The van der Waals surface area contributed by atoms with Crippen LogP contribution in [0.15, 0.2) is 45.8 Å². The molecule has 0 aliphatic heterocycles. The van der Waals surface area contributed by atoms with E-state index in [1.54, 1.807) is 42.0 Å². The predicted molar refractivity (Wildman–Crippen MR) is 93.9 cm³/mol. The van der Waals surface area contributed by atoms with Crippen molar-refractivity contribution < 1.29 is 14.1 Å². The van der Waals surface area contributed by atoms with E-state index >= 15 is 0 Å². The van der Waals surface area contributed by atoms with Crippen LogP contribution in [0.5, 0.6) is 5.75 Å². The van der Waals surface area contributed by atoms with E-state index in [1.807, 2.05) is 13.0 Å². The van der Waals surface area contributed by atoms with Crippen LogP contribution in [0.25, 0.3) is 10.8 Å². The molecule has 0 bridgehead atoms. The number of aryl methyl sites for hydroxylation is 2. The molecule has 25 heavy (non-hydrogen) atoms. The Kier molecular flexibility index (Phi) is 4.83. The summed E-state index contributed by atoms with van der Waals surface area (Å²) in [5.41, 5.74) is -0.0627. The normalized spacial score (nSPS) is 10.8. The fraction of sp³-hybridized carbons (Fsp3) is 0.278. The molecule has 7 nitrogen and oxygen atoms in total. The van der Waals surface area contributed by atoms with E-state index in [0.29, 0.717) is 34.6 Å². The smallest absolute Gasteiger partial charge is 0.263 e. The molecule has 0 spiro atoms. The van der Waals surface area contributed by atoms with Crippen LogP contribution in [-0.4, -0.2) is 22.2 Å². The van der Waals surface area contributed by atoms with Gasteiger partial charge in [0.15, 0.2) is 12.4 Å². The molecule has 2 aromatic heterocycles. The molecule has 0 saturated heterocycles. The number of pyridine rings is 1. The molecule has 0 fully saturated rings. The fourth-order valence-corrected chi connectivity index (χ4v) is 2.58. The number of amides is 1. The van der Waals surface area contributed by atoms with Gasteiger partial charge in [-0.15, -0.1) is 0 Å². The Hall–Kier alpha value is -3.09. The molecule has 3 rings (SSSR count). The minimum atomic E-state index is -0.357. The molecule has 7 heteroatoms. The first-order valence-corrected chi connectivity index (χ1v) is 8.06. The molecular weight excluding hydrogens is 322 g/mol. The Morgan fingerprint density at radius 3 is 2.88 bits per heavy atom. The van der Waals surface area contributed by atoms with Gasteiger partial charge in [0.2, 0.25) is 0 Å². The molecule has 0 radical (unpaired) electrons. The number of nitrogens with one attached hydrogen (secondary N) is 1. The van der Waals surface area contributed by atoms with Crippen molar-refractivity contribution in [2.24, 2.45) is 0 Å². The molecule has 0 saturated carbocycles. The number of benzene rings is 1. The molecule has 0 aliphatic rings. The highest BCUT2D eigenvalue weighted by molar-refractivity contribution is 5.92. The molecule has 1 aromatic carbocycles. The molecule has 0 aliphatic carbocycles. The van der Waals surface area contributed by atoms with Crippen molar-refractivity contribution in [3.05, 3.63) is 52.6 Å².